The summed E-state index contributed by atoms with van der Waals surface area (Å²) in [6, 6.07) is 6.10. The van der Waals surface area contributed by atoms with Gasteiger partial charge in [0.05, 0.1) is 17.6 Å². The highest BCUT2D eigenvalue weighted by atomic mass is 16.6. The standard InChI is InChI=1S/C13H14N4O4/c18-11-4-5-16(7-11)8-12-14-13(15-21-12)9-2-1-3-10(6-9)17(19)20/h1-3,6,11,18H,4-5,7-8H2/t11-/m0/s1. The molecule has 1 aliphatic heterocycles. The van der Waals surface area contributed by atoms with E-state index in [1.165, 1.54) is 12.1 Å². The largest absolute Gasteiger partial charge is 0.392 e. The quantitative estimate of drug-likeness (QED) is 0.666. The van der Waals surface area contributed by atoms with Crippen molar-refractivity contribution in [3.8, 4) is 11.4 Å². The van der Waals surface area contributed by atoms with E-state index in [0.717, 1.165) is 13.0 Å². The van der Waals surface area contributed by atoms with Crippen molar-refractivity contribution in [3.05, 3.63) is 40.3 Å². The Bertz CT molecular complexity index is 657. The molecule has 0 spiro atoms. The van der Waals surface area contributed by atoms with E-state index in [0.29, 0.717) is 30.4 Å². The molecule has 3 rings (SSSR count). The Kier molecular flexibility index (Phi) is 3.63. The Morgan fingerprint density at radius 1 is 1.52 bits per heavy atom. The van der Waals surface area contributed by atoms with Crippen molar-refractivity contribution in [1.29, 1.82) is 0 Å². The first-order valence-corrected chi connectivity index (χ1v) is 6.59. The van der Waals surface area contributed by atoms with E-state index in [2.05, 4.69) is 10.1 Å². The number of benzene rings is 1. The molecule has 0 aliphatic carbocycles. The third-order valence-electron chi connectivity index (χ3n) is 3.39. The first-order chi connectivity index (χ1) is 10.1. The van der Waals surface area contributed by atoms with E-state index in [4.69, 9.17) is 4.52 Å². The van der Waals surface area contributed by atoms with Crippen molar-refractivity contribution < 1.29 is 14.6 Å². The van der Waals surface area contributed by atoms with Crippen LogP contribution in [-0.2, 0) is 6.54 Å². The number of rotatable bonds is 4. The van der Waals surface area contributed by atoms with Gasteiger partial charge < -0.3 is 9.63 Å². The summed E-state index contributed by atoms with van der Waals surface area (Å²) in [7, 11) is 0. The van der Waals surface area contributed by atoms with Gasteiger partial charge in [0.25, 0.3) is 5.69 Å². The molecule has 8 heteroatoms. The predicted molar refractivity (Wildman–Crippen MR) is 72.3 cm³/mol. The van der Waals surface area contributed by atoms with Crippen LogP contribution in [0.5, 0.6) is 0 Å². The van der Waals surface area contributed by atoms with E-state index in [9.17, 15) is 15.2 Å². The second-order valence-electron chi connectivity index (χ2n) is 5.00. The van der Waals surface area contributed by atoms with Gasteiger partial charge in [0.15, 0.2) is 0 Å². The highest BCUT2D eigenvalue weighted by Gasteiger charge is 2.22. The predicted octanol–water partition coefficient (Wildman–Crippen LogP) is 1.21. The number of likely N-dealkylation sites (tertiary alicyclic amines) is 1. The van der Waals surface area contributed by atoms with E-state index < -0.39 is 4.92 Å². The Morgan fingerprint density at radius 3 is 3.10 bits per heavy atom. The Hall–Kier alpha value is -2.32. The van der Waals surface area contributed by atoms with Gasteiger partial charge in [0, 0.05) is 30.8 Å². The number of non-ortho nitro benzene ring substituents is 1. The minimum atomic E-state index is -0.462. The average Bonchev–Trinajstić information content (AvgIpc) is 3.09. The molecule has 1 aliphatic rings. The number of aliphatic hydroxyl groups is 1. The van der Waals surface area contributed by atoms with Crippen molar-refractivity contribution in [1.82, 2.24) is 15.0 Å². The molecule has 1 N–H and O–H groups in total. The molecule has 0 unspecified atom stereocenters. The summed E-state index contributed by atoms with van der Waals surface area (Å²) in [5.41, 5.74) is 0.530. The van der Waals surface area contributed by atoms with Gasteiger partial charge in [-0.3, -0.25) is 15.0 Å². The summed E-state index contributed by atoms with van der Waals surface area (Å²) in [6.07, 6.45) is 0.440. The zero-order valence-corrected chi connectivity index (χ0v) is 11.2. The average molecular weight is 290 g/mol. The van der Waals surface area contributed by atoms with Crippen LogP contribution in [0.3, 0.4) is 0 Å². The van der Waals surface area contributed by atoms with Gasteiger partial charge in [-0.2, -0.15) is 4.98 Å². The number of aliphatic hydroxyl groups excluding tert-OH is 1. The first-order valence-electron chi connectivity index (χ1n) is 6.59. The van der Waals surface area contributed by atoms with Gasteiger partial charge in [0.2, 0.25) is 11.7 Å². The Morgan fingerprint density at radius 2 is 2.38 bits per heavy atom. The minimum Gasteiger partial charge on any atom is -0.392 e. The maximum atomic E-state index is 10.8. The third kappa shape index (κ3) is 3.06. The van der Waals surface area contributed by atoms with Gasteiger partial charge in [0.1, 0.15) is 0 Å². The SMILES string of the molecule is O=[N+]([O-])c1cccc(-c2noc(CN3CC[C@H](O)C3)n2)c1. The molecule has 0 bridgehead atoms. The number of nitro benzene ring substituents is 1. The normalized spacial score (nSPS) is 19.0. The number of nitrogens with zero attached hydrogens (tertiary/aromatic N) is 4. The zero-order valence-electron chi connectivity index (χ0n) is 11.2. The molecule has 2 heterocycles. The van der Waals surface area contributed by atoms with E-state index in [1.54, 1.807) is 12.1 Å². The second-order valence-corrected chi connectivity index (χ2v) is 5.00. The Labute approximate surface area is 120 Å². The lowest BCUT2D eigenvalue weighted by atomic mass is 10.2. The van der Waals surface area contributed by atoms with Gasteiger partial charge in [-0.1, -0.05) is 17.3 Å². The maximum Gasteiger partial charge on any atom is 0.270 e. The molecule has 1 aromatic heterocycles. The smallest absolute Gasteiger partial charge is 0.270 e. The van der Waals surface area contributed by atoms with Crippen LogP contribution in [0.25, 0.3) is 11.4 Å². The Balaban J connectivity index is 1.75. The minimum absolute atomic E-state index is 0.0125. The highest BCUT2D eigenvalue weighted by Crippen LogP contribution is 2.22. The van der Waals surface area contributed by atoms with Gasteiger partial charge in [-0.05, 0) is 6.42 Å². The molecule has 1 fully saturated rings. The lowest BCUT2D eigenvalue weighted by Gasteiger charge is -2.10. The molecule has 0 saturated carbocycles. The third-order valence-corrected chi connectivity index (χ3v) is 3.39. The number of hydrogen-bond donors (Lipinski definition) is 1. The van der Waals surface area contributed by atoms with Crippen LogP contribution >= 0.6 is 0 Å². The fourth-order valence-electron chi connectivity index (χ4n) is 2.34. The molecule has 1 saturated heterocycles. The van der Waals surface area contributed by atoms with Crippen LogP contribution < -0.4 is 0 Å². The molecule has 1 aromatic carbocycles. The maximum absolute atomic E-state index is 10.8. The molecule has 2 aromatic rings. The van der Waals surface area contributed by atoms with E-state index >= 15 is 0 Å². The highest BCUT2D eigenvalue weighted by molar-refractivity contribution is 5.58. The molecule has 1 atom stereocenters. The summed E-state index contributed by atoms with van der Waals surface area (Å²) >= 11 is 0. The van der Waals surface area contributed by atoms with Crippen LogP contribution in [0.15, 0.2) is 28.8 Å². The van der Waals surface area contributed by atoms with E-state index in [1.807, 2.05) is 4.90 Å². The number of nitro groups is 1. The summed E-state index contributed by atoms with van der Waals surface area (Å²) in [6.45, 7) is 1.85. The van der Waals surface area contributed by atoms with Gasteiger partial charge >= 0.3 is 0 Å². The van der Waals surface area contributed by atoms with Crippen molar-refractivity contribution in [2.24, 2.45) is 0 Å². The fourth-order valence-corrected chi connectivity index (χ4v) is 2.34. The number of hydrogen-bond acceptors (Lipinski definition) is 7. The van der Waals surface area contributed by atoms with Crippen molar-refractivity contribution in [2.45, 2.75) is 19.1 Å². The number of aromatic nitrogens is 2. The van der Waals surface area contributed by atoms with Gasteiger partial charge in [-0.25, -0.2) is 0 Å². The van der Waals surface area contributed by atoms with Crippen LogP contribution in [-0.4, -0.2) is 44.3 Å². The molecular weight excluding hydrogens is 276 g/mol. The molecule has 110 valence electrons. The molecular formula is C13H14N4O4. The van der Waals surface area contributed by atoms with Crippen LogP contribution in [0.4, 0.5) is 5.69 Å². The monoisotopic (exact) mass is 290 g/mol. The van der Waals surface area contributed by atoms with Crippen molar-refractivity contribution in [2.75, 3.05) is 13.1 Å². The van der Waals surface area contributed by atoms with Crippen molar-refractivity contribution >= 4 is 5.69 Å². The molecule has 0 radical (unpaired) electrons. The first kappa shape index (κ1) is 13.7. The van der Waals surface area contributed by atoms with Crippen molar-refractivity contribution in [3.63, 3.8) is 0 Å². The second kappa shape index (κ2) is 5.58. The molecule has 0 amide bonds. The summed E-state index contributed by atoms with van der Waals surface area (Å²) < 4.78 is 5.16. The number of β-amino-alcohol motifs (C(OH)–C–C–N with tert-alkyl or cyclic N) is 1. The molecule has 8 nitrogen and oxygen atoms in total. The van der Waals surface area contributed by atoms with Crippen LogP contribution in [0.1, 0.15) is 12.3 Å². The summed E-state index contributed by atoms with van der Waals surface area (Å²) in [5, 5.41) is 24.1. The van der Waals surface area contributed by atoms with E-state index in [-0.39, 0.29) is 11.8 Å². The fraction of sp³-hybridized carbons (Fsp3) is 0.385. The lowest BCUT2D eigenvalue weighted by Crippen LogP contribution is -2.21. The molecule has 21 heavy (non-hydrogen) atoms. The van der Waals surface area contributed by atoms with Gasteiger partial charge in [-0.15, -0.1) is 0 Å². The van der Waals surface area contributed by atoms with Crippen LogP contribution in [0, 0.1) is 10.1 Å². The summed E-state index contributed by atoms with van der Waals surface area (Å²) in [5.74, 6) is 0.763. The topological polar surface area (TPSA) is 106 Å². The summed E-state index contributed by atoms with van der Waals surface area (Å²) in [4.78, 5) is 16.6. The van der Waals surface area contributed by atoms with Crippen LogP contribution in [0.2, 0.25) is 0 Å². The lowest BCUT2D eigenvalue weighted by molar-refractivity contribution is -0.384. The zero-order chi connectivity index (χ0) is 14.8.